The van der Waals surface area contributed by atoms with E-state index in [2.05, 4.69) is 5.32 Å². The number of halogens is 2. The molecule has 1 saturated heterocycles. The van der Waals surface area contributed by atoms with E-state index in [1.807, 2.05) is 0 Å². The van der Waals surface area contributed by atoms with Gasteiger partial charge in [0.2, 0.25) is 0 Å². The number of nitrogens with one attached hydrogen (secondary N) is 1. The summed E-state index contributed by atoms with van der Waals surface area (Å²) in [6, 6.07) is 4.28. The number of hydrogen-bond donors (Lipinski definition) is 1. The van der Waals surface area contributed by atoms with E-state index in [0.717, 1.165) is 38.3 Å². The molecule has 1 aliphatic heterocycles. The molecular weight excluding hydrogens is 236 g/mol. The van der Waals surface area contributed by atoms with E-state index < -0.39 is 11.6 Å². The van der Waals surface area contributed by atoms with E-state index in [0.29, 0.717) is 12.1 Å². The smallest absolute Gasteiger partial charge is 0.164 e. The van der Waals surface area contributed by atoms with Crippen LogP contribution in [0.25, 0.3) is 0 Å². The molecule has 1 aromatic rings. The molecule has 2 fully saturated rings. The predicted octanol–water partition coefficient (Wildman–Crippen LogP) is 2.94. The Morgan fingerprint density at radius 1 is 1.22 bits per heavy atom. The summed E-state index contributed by atoms with van der Waals surface area (Å²) < 4.78 is 33.1. The van der Waals surface area contributed by atoms with Crippen molar-refractivity contribution in [3.63, 3.8) is 0 Å². The lowest BCUT2D eigenvalue weighted by molar-refractivity contribution is -0.115. The van der Waals surface area contributed by atoms with Gasteiger partial charge < -0.3 is 10.1 Å². The van der Waals surface area contributed by atoms with Gasteiger partial charge in [0.15, 0.2) is 11.6 Å². The normalized spacial score (nSPS) is 26.7. The SMILES string of the molecule is Fc1cccc(C2CNCC3(CCCC3)O2)c1F. The lowest BCUT2D eigenvalue weighted by Gasteiger charge is -2.39. The second-order valence-corrected chi connectivity index (χ2v) is 5.27. The molecule has 1 spiro atoms. The van der Waals surface area contributed by atoms with E-state index in [1.54, 1.807) is 6.07 Å². The first-order chi connectivity index (χ1) is 8.70. The quantitative estimate of drug-likeness (QED) is 0.831. The van der Waals surface area contributed by atoms with Crippen LogP contribution in [-0.2, 0) is 4.74 Å². The zero-order chi connectivity index (χ0) is 12.6. The average molecular weight is 253 g/mol. The third-order valence-corrected chi connectivity index (χ3v) is 4.01. The van der Waals surface area contributed by atoms with Gasteiger partial charge in [-0.15, -0.1) is 0 Å². The van der Waals surface area contributed by atoms with Crippen LogP contribution in [0.3, 0.4) is 0 Å². The van der Waals surface area contributed by atoms with Crippen LogP contribution >= 0.6 is 0 Å². The highest BCUT2D eigenvalue weighted by atomic mass is 19.2. The first-order valence-corrected chi connectivity index (χ1v) is 6.53. The highest BCUT2D eigenvalue weighted by molar-refractivity contribution is 5.22. The van der Waals surface area contributed by atoms with Crippen molar-refractivity contribution in [3.05, 3.63) is 35.4 Å². The van der Waals surface area contributed by atoms with Crippen molar-refractivity contribution in [2.45, 2.75) is 37.4 Å². The van der Waals surface area contributed by atoms with Crippen molar-refractivity contribution in [2.75, 3.05) is 13.1 Å². The topological polar surface area (TPSA) is 21.3 Å². The molecule has 2 nitrogen and oxygen atoms in total. The highest BCUT2D eigenvalue weighted by Gasteiger charge is 2.40. The molecule has 1 unspecified atom stereocenters. The number of morpholine rings is 1. The van der Waals surface area contributed by atoms with Crippen LogP contribution in [0.4, 0.5) is 8.78 Å². The first-order valence-electron chi connectivity index (χ1n) is 6.53. The van der Waals surface area contributed by atoms with Crippen LogP contribution in [0, 0.1) is 11.6 Å². The molecule has 18 heavy (non-hydrogen) atoms. The Kier molecular flexibility index (Phi) is 3.08. The molecule has 1 saturated carbocycles. The van der Waals surface area contributed by atoms with Crippen molar-refractivity contribution < 1.29 is 13.5 Å². The van der Waals surface area contributed by atoms with Gasteiger partial charge in [0.25, 0.3) is 0 Å². The van der Waals surface area contributed by atoms with Gasteiger partial charge in [0, 0.05) is 18.7 Å². The van der Waals surface area contributed by atoms with Gasteiger partial charge in [-0.1, -0.05) is 25.0 Å². The molecular formula is C14H17F2NO. The number of hydrogen-bond acceptors (Lipinski definition) is 2. The van der Waals surface area contributed by atoms with Gasteiger partial charge in [-0.3, -0.25) is 0 Å². The third kappa shape index (κ3) is 2.04. The molecule has 0 aromatic heterocycles. The summed E-state index contributed by atoms with van der Waals surface area (Å²) in [6.45, 7) is 1.36. The van der Waals surface area contributed by atoms with Crippen molar-refractivity contribution in [2.24, 2.45) is 0 Å². The second-order valence-electron chi connectivity index (χ2n) is 5.27. The maximum Gasteiger partial charge on any atom is 0.164 e. The van der Waals surface area contributed by atoms with Crippen LogP contribution in [0.2, 0.25) is 0 Å². The summed E-state index contributed by atoms with van der Waals surface area (Å²) in [6.07, 6.45) is 3.94. The summed E-state index contributed by atoms with van der Waals surface area (Å²) in [5, 5.41) is 3.30. The zero-order valence-corrected chi connectivity index (χ0v) is 10.2. The minimum Gasteiger partial charge on any atom is -0.364 e. The van der Waals surface area contributed by atoms with Gasteiger partial charge in [-0.25, -0.2) is 8.78 Å². The summed E-state index contributed by atoms with van der Waals surface area (Å²) in [4.78, 5) is 0. The summed E-state index contributed by atoms with van der Waals surface area (Å²) in [7, 11) is 0. The molecule has 1 aliphatic carbocycles. The van der Waals surface area contributed by atoms with E-state index in [1.165, 1.54) is 6.07 Å². The Hall–Kier alpha value is -1.00. The van der Waals surface area contributed by atoms with Crippen molar-refractivity contribution >= 4 is 0 Å². The Morgan fingerprint density at radius 2 is 2.00 bits per heavy atom. The molecule has 1 atom stereocenters. The fraction of sp³-hybridized carbons (Fsp3) is 0.571. The molecule has 1 heterocycles. The van der Waals surface area contributed by atoms with E-state index in [4.69, 9.17) is 4.74 Å². The van der Waals surface area contributed by atoms with Crippen molar-refractivity contribution in [1.82, 2.24) is 5.32 Å². The molecule has 0 radical (unpaired) electrons. The van der Waals surface area contributed by atoms with E-state index in [-0.39, 0.29) is 11.7 Å². The lowest BCUT2D eigenvalue weighted by atomic mass is 9.97. The number of rotatable bonds is 1. The minimum absolute atomic E-state index is 0.165. The van der Waals surface area contributed by atoms with E-state index >= 15 is 0 Å². The first kappa shape index (κ1) is 12.1. The van der Waals surface area contributed by atoms with Gasteiger partial charge in [0.1, 0.15) is 0 Å². The van der Waals surface area contributed by atoms with Gasteiger partial charge in [-0.2, -0.15) is 0 Å². The number of benzene rings is 1. The highest BCUT2D eigenvalue weighted by Crippen LogP contribution is 2.39. The predicted molar refractivity (Wildman–Crippen MR) is 64.3 cm³/mol. The molecule has 3 rings (SSSR count). The van der Waals surface area contributed by atoms with Crippen LogP contribution in [0.5, 0.6) is 0 Å². The Balaban J connectivity index is 1.85. The molecule has 1 N–H and O–H groups in total. The minimum atomic E-state index is -0.804. The summed E-state index contributed by atoms with van der Waals surface area (Å²) in [5.74, 6) is -1.58. The average Bonchev–Trinajstić information content (AvgIpc) is 2.81. The van der Waals surface area contributed by atoms with Crippen LogP contribution in [0.1, 0.15) is 37.4 Å². The van der Waals surface area contributed by atoms with Crippen LogP contribution < -0.4 is 5.32 Å². The number of ether oxygens (including phenoxy) is 1. The standard InChI is InChI=1S/C14H17F2NO/c15-11-5-3-4-10(13(11)16)12-8-17-9-14(18-12)6-1-2-7-14/h3-5,12,17H,1-2,6-9H2. The monoisotopic (exact) mass is 253 g/mol. The molecule has 1 aromatic carbocycles. The second kappa shape index (κ2) is 4.59. The summed E-state index contributed by atoms with van der Waals surface area (Å²) in [5.41, 5.74) is 0.162. The van der Waals surface area contributed by atoms with Gasteiger partial charge in [-0.05, 0) is 18.9 Å². The van der Waals surface area contributed by atoms with Crippen molar-refractivity contribution in [3.8, 4) is 0 Å². The summed E-state index contributed by atoms with van der Waals surface area (Å²) >= 11 is 0. The molecule has 0 amide bonds. The maximum absolute atomic E-state index is 13.8. The largest absolute Gasteiger partial charge is 0.364 e. The van der Waals surface area contributed by atoms with Crippen LogP contribution in [0.15, 0.2) is 18.2 Å². The van der Waals surface area contributed by atoms with Crippen LogP contribution in [-0.4, -0.2) is 18.7 Å². The zero-order valence-electron chi connectivity index (χ0n) is 10.2. The van der Waals surface area contributed by atoms with Gasteiger partial charge >= 0.3 is 0 Å². The Bertz CT molecular complexity index is 443. The third-order valence-electron chi connectivity index (χ3n) is 4.01. The molecule has 0 bridgehead atoms. The Labute approximate surface area is 105 Å². The fourth-order valence-electron chi connectivity index (χ4n) is 3.07. The molecule has 2 aliphatic rings. The maximum atomic E-state index is 13.8. The lowest BCUT2D eigenvalue weighted by Crippen LogP contribution is -2.49. The van der Waals surface area contributed by atoms with Gasteiger partial charge in [0.05, 0.1) is 11.7 Å². The van der Waals surface area contributed by atoms with E-state index in [9.17, 15) is 8.78 Å². The fourth-order valence-corrected chi connectivity index (χ4v) is 3.07. The van der Waals surface area contributed by atoms with Crippen molar-refractivity contribution in [1.29, 1.82) is 0 Å². The Morgan fingerprint density at radius 3 is 2.78 bits per heavy atom. The molecule has 4 heteroatoms. The molecule has 98 valence electrons.